The maximum atomic E-state index is 15.0. The molecule has 0 radical (unpaired) electrons. The number of benzene rings is 2. The molecule has 1 aromatic heterocycles. The van der Waals surface area contributed by atoms with E-state index >= 15 is 0 Å². The Kier molecular flexibility index (Phi) is 12.5. The third kappa shape index (κ3) is 9.16. The van der Waals surface area contributed by atoms with Gasteiger partial charge in [0.1, 0.15) is 18.3 Å². The van der Waals surface area contributed by atoms with E-state index in [-0.39, 0.29) is 23.1 Å². The number of aliphatic hydroxyl groups is 2. The van der Waals surface area contributed by atoms with Gasteiger partial charge in [-0.15, -0.1) is 0 Å². The van der Waals surface area contributed by atoms with Gasteiger partial charge in [0.15, 0.2) is 0 Å². The highest BCUT2D eigenvalue weighted by Gasteiger charge is 2.33. The minimum absolute atomic E-state index is 0.0198. The first-order valence-electron chi connectivity index (χ1n) is 19.8. The number of carbonyl (C=O) groups is 1. The van der Waals surface area contributed by atoms with Crippen molar-refractivity contribution in [2.45, 2.75) is 69.9 Å². The van der Waals surface area contributed by atoms with Crippen LogP contribution in [0, 0.1) is 17.7 Å². The van der Waals surface area contributed by atoms with Crippen molar-refractivity contribution in [3.63, 3.8) is 0 Å². The molecular weight excluding hydrogens is 675 g/mol. The number of fused-ring (bicyclic) bond motifs is 1. The molecule has 1 saturated carbocycles. The van der Waals surface area contributed by atoms with Crippen LogP contribution in [-0.4, -0.2) is 148 Å². The molecular formula is C40H57FN8O4. The zero-order chi connectivity index (χ0) is 36.9. The van der Waals surface area contributed by atoms with Crippen LogP contribution in [0.5, 0.6) is 0 Å². The zero-order valence-corrected chi connectivity index (χ0v) is 30.9. The van der Waals surface area contributed by atoms with Gasteiger partial charge >= 0.3 is 0 Å². The smallest absolute Gasteiger partial charge is 0.272 e. The van der Waals surface area contributed by atoms with Crippen molar-refractivity contribution >= 4 is 16.7 Å². The third-order valence-corrected chi connectivity index (χ3v) is 12.4. The van der Waals surface area contributed by atoms with Gasteiger partial charge in [0.05, 0.1) is 16.6 Å². The zero-order valence-electron chi connectivity index (χ0n) is 30.9. The van der Waals surface area contributed by atoms with Crippen LogP contribution >= 0.6 is 0 Å². The molecule has 3 aromatic rings. The molecule has 3 saturated heterocycles. The topological polar surface area (TPSA) is 146 Å². The van der Waals surface area contributed by atoms with Gasteiger partial charge in [-0.05, 0) is 74.4 Å². The summed E-state index contributed by atoms with van der Waals surface area (Å²) >= 11 is 0. The van der Waals surface area contributed by atoms with E-state index in [0.29, 0.717) is 62.1 Å². The minimum Gasteiger partial charge on any atom is -0.377 e. The van der Waals surface area contributed by atoms with Crippen LogP contribution in [0.1, 0.15) is 66.6 Å². The fraction of sp³-hybridized carbons (Fsp3) is 0.625. The second-order valence-corrected chi connectivity index (χ2v) is 15.8. The predicted molar refractivity (Wildman–Crippen MR) is 203 cm³/mol. The van der Waals surface area contributed by atoms with Crippen LogP contribution in [0.4, 0.5) is 4.39 Å². The third-order valence-electron chi connectivity index (χ3n) is 12.4. The van der Waals surface area contributed by atoms with E-state index < -0.39 is 18.3 Å². The van der Waals surface area contributed by atoms with Crippen LogP contribution in [-0.2, 0) is 6.42 Å². The molecule has 4 fully saturated rings. The summed E-state index contributed by atoms with van der Waals surface area (Å²) in [7, 11) is 0. The van der Waals surface area contributed by atoms with Gasteiger partial charge in [-0.25, -0.2) is 9.49 Å². The molecule has 4 aliphatic rings. The summed E-state index contributed by atoms with van der Waals surface area (Å²) < 4.78 is 15.0. The van der Waals surface area contributed by atoms with E-state index in [1.807, 2.05) is 17.0 Å². The quantitative estimate of drug-likeness (QED) is 0.232. The van der Waals surface area contributed by atoms with Crippen LogP contribution in [0.3, 0.4) is 0 Å². The molecule has 13 heteroatoms. The molecule has 2 aromatic carbocycles. The summed E-state index contributed by atoms with van der Waals surface area (Å²) in [5.74, 6) is 0.140. The number of nitrogens with zero attached hydrogens (tertiary/aromatic N) is 6. The second-order valence-electron chi connectivity index (χ2n) is 15.8. The van der Waals surface area contributed by atoms with Gasteiger partial charge in [-0.2, -0.15) is 5.10 Å². The number of nitrogens with one attached hydrogen (secondary N) is 1. The van der Waals surface area contributed by atoms with Gasteiger partial charge < -0.3 is 25.7 Å². The van der Waals surface area contributed by atoms with Crippen molar-refractivity contribution < 1.29 is 19.4 Å². The number of hydrogen-bond donors (Lipinski definition) is 4. The average molecular weight is 733 g/mol. The Balaban J connectivity index is 0.826. The Bertz CT molecular complexity index is 1730. The lowest BCUT2D eigenvalue weighted by Crippen LogP contribution is -2.58. The number of β-amino-alcohol motifs (C(OH)–C–C–N with tert-alkyl or cyclic N) is 1. The molecule has 12 nitrogen and oxygen atoms in total. The lowest BCUT2D eigenvalue weighted by molar-refractivity contribution is -0.0581. The molecule has 1 aliphatic carbocycles. The number of rotatable bonds is 11. The first kappa shape index (κ1) is 38.0. The van der Waals surface area contributed by atoms with Crippen LogP contribution in [0.25, 0.3) is 10.8 Å². The van der Waals surface area contributed by atoms with E-state index in [4.69, 9.17) is 5.73 Å². The summed E-state index contributed by atoms with van der Waals surface area (Å²) in [4.78, 5) is 36.4. The van der Waals surface area contributed by atoms with E-state index in [9.17, 15) is 24.2 Å². The lowest BCUT2D eigenvalue weighted by Gasteiger charge is -2.43. The molecule has 3 aliphatic heterocycles. The van der Waals surface area contributed by atoms with Gasteiger partial charge in [-0.1, -0.05) is 43.5 Å². The fourth-order valence-electron chi connectivity index (χ4n) is 9.02. The molecule has 7 rings (SSSR count). The van der Waals surface area contributed by atoms with E-state index in [1.165, 1.54) is 25.3 Å². The number of aliphatic hydroxyl groups excluding tert-OH is 2. The van der Waals surface area contributed by atoms with Crippen molar-refractivity contribution in [1.82, 2.24) is 34.7 Å². The lowest BCUT2D eigenvalue weighted by atomic mass is 9.83. The van der Waals surface area contributed by atoms with Gasteiger partial charge in [-0.3, -0.25) is 24.3 Å². The van der Waals surface area contributed by atoms with Gasteiger partial charge in [0.2, 0.25) is 0 Å². The SMILES string of the molecule is N[C@H](C1CCCCC1)C(O)N1CCN(CC2CCN(CC(O)N3CCN(C(=O)c4cc(Cc5n[nH]c(=O)c6ccccc56)ccc4F)CC3)CC2)CC1. The predicted octanol–water partition coefficient (Wildman–Crippen LogP) is 2.28. The standard InChI is InChI=1S/C40H57FN8O4/c41-34-11-10-29(25-35-31-8-4-5-9-32(31)38(51)44-43-35)24-33(34)39(52)48-22-20-47(21-23-48)36(50)27-45-14-12-28(13-15-45)26-46-16-18-49(19-17-46)40(53)37(42)30-6-2-1-3-7-30/h4-5,8-11,24,28,30,36-37,40,50,53H,1-3,6-7,12-23,25-27,42H2,(H,44,51)/t36?,37-,40?/m1/s1. The number of piperidine rings is 1. The number of aromatic amines is 1. The molecule has 1 amide bonds. The van der Waals surface area contributed by atoms with E-state index in [2.05, 4.69) is 24.9 Å². The first-order valence-corrected chi connectivity index (χ1v) is 19.8. The monoisotopic (exact) mass is 732 g/mol. The molecule has 0 spiro atoms. The van der Waals surface area contributed by atoms with Crippen LogP contribution in [0.15, 0.2) is 47.3 Å². The average Bonchev–Trinajstić information content (AvgIpc) is 3.20. The highest BCUT2D eigenvalue weighted by molar-refractivity contribution is 5.95. The van der Waals surface area contributed by atoms with Crippen molar-refractivity contribution in [1.29, 1.82) is 0 Å². The minimum atomic E-state index is -0.622. The van der Waals surface area contributed by atoms with Crippen molar-refractivity contribution in [2.24, 2.45) is 17.6 Å². The highest BCUT2D eigenvalue weighted by Crippen LogP contribution is 2.28. The highest BCUT2D eigenvalue weighted by atomic mass is 19.1. The van der Waals surface area contributed by atoms with Gasteiger partial charge in [0, 0.05) is 83.3 Å². The number of amides is 1. The number of nitrogens with two attached hydrogens (primary N) is 1. The molecule has 5 N–H and O–H groups in total. The van der Waals surface area contributed by atoms with Crippen molar-refractivity contribution in [3.8, 4) is 0 Å². The van der Waals surface area contributed by atoms with Crippen LogP contribution < -0.4 is 11.3 Å². The fourth-order valence-corrected chi connectivity index (χ4v) is 9.02. The summed E-state index contributed by atoms with van der Waals surface area (Å²) in [5, 5.41) is 30.2. The first-order chi connectivity index (χ1) is 25.7. The van der Waals surface area contributed by atoms with E-state index in [1.54, 1.807) is 29.2 Å². The Morgan fingerprint density at radius 2 is 1.53 bits per heavy atom. The van der Waals surface area contributed by atoms with Gasteiger partial charge in [0.25, 0.3) is 11.5 Å². The molecule has 3 atom stereocenters. The second kappa shape index (κ2) is 17.4. The molecule has 288 valence electrons. The number of H-pyrrole nitrogens is 1. The number of carbonyl (C=O) groups excluding carboxylic acids is 1. The normalized spacial score (nSPS) is 22.6. The molecule has 4 heterocycles. The van der Waals surface area contributed by atoms with Crippen molar-refractivity contribution in [2.75, 3.05) is 78.5 Å². The van der Waals surface area contributed by atoms with Crippen LogP contribution in [0.2, 0.25) is 0 Å². The maximum Gasteiger partial charge on any atom is 0.272 e. The number of aromatic nitrogens is 2. The summed E-state index contributed by atoms with van der Waals surface area (Å²) in [5.41, 5.74) is 7.65. The summed E-state index contributed by atoms with van der Waals surface area (Å²) in [6.07, 6.45) is 7.42. The Hall–Kier alpha value is -3.30. The Labute approximate surface area is 311 Å². The number of hydrogen-bond acceptors (Lipinski definition) is 10. The summed E-state index contributed by atoms with van der Waals surface area (Å²) in [6, 6.07) is 11.6. The molecule has 2 unspecified atom stereocenters. The number of halogens is 1. The Morgan fingerprint density at radius 1 is 0.849 bits per heavy atom. The molecule has 0 bridgehead atoms. The Morgan fingerprint density at radius 3 is 2.25 bits per heavy atom. The van der Waals surface area contributed by atoms with Crippen molar-refractivity contribution in [3.05, 3.63) is 75.5 Å². The number of piperazine rings is 2. The largest absolute Gasteiger partial charge is 0.377 e. The summed E-state index contributed by atoms with van der Waals surface area (Å²) in [6.45, 7) is 9.06. The molecule has 53 heavy (non-hydrogen) atoms. The maximum absolute atomic E-state index is 15.0. The number of likely N-dealkylation sites (tertiary alicyclic amines) is 1. The van der Waals surface area contributed by atoms with E-state index in [0.717, 1.165) is 82.4 Å².